The highest BCUT2D eigenvalue weighted by molar-refractivity contribution is 5.94. The summed E-state index contributed by atoms with van der Waals surface area (Å²) in [4.78, 5) is 32.3. The second kappa shape index (κ2) is 7.63. The summed E-state index contributed by atoms with van der Waals surface area (Å²) >= 11 is 0. The summed E-state index contributed by atoms with van der Waals surface area (Å²) in [6.45, 7) is -0.0625. The number of halogens is 1. The van der Waals surface area contributed by atoms with Gasteiger partial charge in [-0.25, -0.2) is 14.0 Å². The van der Waals surface area contributed by atoms with Crippen molar-refractivity contribution in [3.8, 4) is 0 Å². The zero-order valence-electron chi connectivity index (χ0n) is 10.8. The Hall–Kier alpha value is -2.90. The Labute approximate surface area is 119 Å². The summed E-state index contributed by atoms with van der Waals surface area (Å²) in [6, 6.07) is 3.60. The van der Waals surface area contributed by atoms with E-state index >= 15 is 0 Å². The van der Waals surface area contributed by atoms with Crippen LogP contribution in [0.25, 0.3) is 6.08 Å². The van der Waals surface area contributed by atoms with Crippen LogP contribution in [0.3, 0.4) is 0 Å². The molecule has 21 heavy (non-hydrogen) atoms. The third kappa shape index (κ3) is 5.72. The number of hydrogen-bond acceptors (Lipinski definition) is 4. The summed E-state index contributed by atoms with van der Waals surface area (Å²) in [5, 5.41) is 10.9. The van der Waals surface area contributed by atoms with E-state index in [2.05, 4.69) is 10.1 Å². The Morgan fingerprint density at radius 3 is 2.67 bits per heavy atom. The largest absolute Gasteiger partial charge is 0.478 e. The van der Waals surface area contributed by atoms with Crippen molar-refractivity contribution < 1.29 is 28.6 Å². The lowest BCUT2D eigenvalue weighted by molar-refractivity contribution is -0.131. The topological polar surface area (TPSA) is 119 Å². The molecule has 0 bridgehead atoms. The molecule has 0 saturated carbocycles. The van der Waals surface area contributed by atoms with Crippen LogP contribution in [0.4, 0.5) is 9.18 Å². The number of carboxylic acids is 1. The second-order valence-corrected chi connectivity index (χ2v) is 3.83. The number of aliphatic carboxylic acids is 1. The molecule has 112 valence electrons. The molecule has 0 atom stereocenters. The van der Waals surface area contributed by atoms with Crippen molar-refractivity contribution >= 4 is 24.0 Å². The van der Waals surface area contributed by atoms with E-state index in [0.29, 0.717) is 0 Å². The second-order valence-electron chi connectivity index (χ2n) is 3.83. The number of nitrogens with two attached hydrogens (primary N) is 1. The Kier molecular flexibility index (Phi) is 5.87. The van der Waals surface area contributed by atoms with E-state index < -0.39 is 23.8 Å². The molecule has 8 heteroatoms. The van der Waals surface area contributed by atoms with Crippen molar-refractivity contribution in [2.75, 3.05) is 13.2 Å². The Morgan fingerprint density at radius 2 is 2.10 bits per heavy atom. The molecule has 0 spiro atoms. The van der Waals surface area contributed by atoms with E-state index in [1.165, 1.54) is 12.1 Å². The van der Waals surface area contributed by atoms with Crippen molar-refractivity contribution in [3.63, 3.8) is 0 Å². The van der Waals surface area contributed by atoms with Crippen LogP contribution in [-0.4, -0.2) is 36.2 Å². The van der Waals surface area contributed by atoms with Gasteiger partial charge >= 0.3 is 12.1 Å². The molecule has 1 aromatic carbocycles. The molecular formula is C13H13FN2O5. The SMILES string of the molecule is NC(=O)OCCNC(=O)c1ccc(/C=C/C(=O)O)c(F)c1. The van der Waals surface area contributed by atoms with Crippen molar-refractivity contribution in [1.82, 2.24) is 5.32 Å². The first kappa shape index (κ1) is 16.2. The Morgan fingerprint density at radius 1 is 1.38 bits per heavy atom. The summed E-state index contributed by atoms with van der Waals surface area (Å²) in [6.07, 6.45) is 0.921. The highest BCUT2D eigenvalue weighted by atomic mass is 19.1. The molecule has 0 aliphatic heterocycles. The fourth-order valence-electron chi connectivity index (χ4n) is 1.38. The molecule has 0 radical (unpaired) electrons. The maximum absolute atomic E-state index is 13.6. The van der Waals surface area contributed by atoms with Gasteiger partial charge in [0, 0.05) is 17.2 Å². The molecule has 0 heterocycles. The Balaban J connectivity index is 2.63. The monoisotopic (exact) mass is 296 g/mol. The minimum atomic E-state index is -1.20. The average molecular weight is 296 g/mol. The lowest BCUT2D eigenvalue weighted by atomic mass is 10.1. The van der Waals surface area contributed by atoms with Crippen LogP contribution in [0.2, 0.25) is 0 Å². The van der Waals surface area contributed by atoms with Gasteiger partial charge in [-0.3, -0.25) is 4.79 Å². The number of amides is 2. The molecular weight excluding hydrogens is 283 g/mol. The van der Waals surface area contributed by atoms with Gasteiger partial charge in [0.05, 0.1) is 6.54 Å². The predicted octanol–water partition coefficient (Wildman–Crippen LogP) is 0.749. The average Bonchev–Trinajstić information content (AvgIpc) is 2.41. The van der Waals surface area contributed by atoms with E-state index in [1.54, 1.807) is 0 Å². The normalized spacial score (nSPS) is 10.3. The number of rotatable bonds is 6. The number of ether oxygens (including phenoxy) is 1. The van der Waals surface area contributed by atoms with Crippen LogP contribution in [0.5, 0.6) is 0 Å². The van der Waals surface area contributed by atoms with Crippen LogP contribution in [-0.2, 0) is 9.53 Å². The zero-order valence-corrected chi connectivity index (χ0v) is 10.8. The quantitative estimate of drug-likeness (QED) is 0.528. The maximum atomic E-state index is 13.6. The van der Waals surface area contributed by atoms with Crippen molar-refractivity contribution in [3.05, 3.63) is 41.2 Å². The van der Waals surface area contributed by atoms with Gasteiger partial charge in [0.1, 0.15) is 12.4 Å². The van der Waals surface area contributed by atoms with E-state index in [9.17, 15) is 18.8 Å². The van der Waals surface area contributed by atoms with Gasteiger partial charge in [0.15, 0.2) is 0 Å². The minimum Gasteiger partial charge on any atom is -0.478 e. The molecule has 0 aromatic heterocycles. The lowest BCUT2D eigenvalue weighted by Gasteiger charge is -2.06. The highest BCUT2D eigenvalue weighted by Gasteiger charge is 2.08. The van der Waals surface area contributed by atoms with Crippen LogP contribution in [0, 0.1) is 5.82 Å². The van der Waals surface area contributed by atoms with E-state index in [1.807, 2.05) is 0 Å². The lowest BCUT2D eigenvalue weighted by Crippen LogP contribution is -2.29. The number of carbonyl (C=O) groups excluding carboxylic acids is 2. The third-order valence-electron chi connectivity index (χ3n) is 2.30. The zero-order chi connectivity index (χ0) is 15.8. The highest BCUT2D eigenvalue weighted by Crippen LogP contribution is 2.12. The first-order valence-corrected chi connectivity index (χ1v) is 5.81. The predicted molar refractivity (Wildman–Crippen MR) is 70.9 cm³/mol. The summed E-state index contributed by atoms with van der Waals surface area (Å²) in [5.41, 5.74) is 4.84. The molecule has 2 amide bonds. The summed E-state index contributed by atoms with van der Waals surface area (Å²) in [5.74, 6) is -2.49. The summed E-state index contributed by atoms with van der Waals surface area (Å²) < 4.78 is 18.1. The fraction of sp³-hybridized carbons (Fsp3) is 0.154. The number of hydrogen-bond donors (Lipinski definition) is 3. The molecule has 0 fully saturated rings. The van der Waals surface area contributed by atoms with Crippen molar-refractivity contribution in [2.24, 2.45) is 5.73 Å². The number of nitrogens with one attached hydrogen (secondary N) is 1. The first-order valence-electron chi connectivity index (χ1n) is 5.81. The number of benzene rings is 1. The van der Waals surface area contributed by atoms with Gasteiger partial charge in [0.25, 0.3) is 5.91 Å². The van der Waals surface area contributed by atoms with E-state index in [-0.39, 0.29) is 24.3 Å². The molecule has 0 aliphatic rings. The van der Waals surface area contributed by atoms with Gasteiger partial charge in [-0.2, -0.15) is 0 Å². The van der Waals surface area contributed by atoms with Gasteiger partial charge in [0.2, 0.25) is 0 Å². The van der Waals surface area contributed by atoms with Crippen LogP contribution >= 0.6 is 0 Å². The Bertz CT molecular complexity index is 586. The number of primary amides is 1. The van der Waals surface area contributed by atoms with Crippen LogP contribution in [0.15, 0.2) is 24.3 Å². The van der Waals surface area contributed by atoms with Crippen molar-refractivity contribution in [1.29, 1.82) is 0 Å². The third-order valence-corrected chi connectivity index (χ3v) is 2.30. The number of carboxylic acid groups (broad SMARTS) is 1. The van der Waals surface area contributed by atoms with Gasteiger partial charge in [-0.1, -0.05) is 6.07 Å². The molecule has 0 saturated heterocycles. The fourth-order valence-corrected chi connectivity index (χ4v) is 1.38. The molecule has 4 N–H and O–H groups in total. The number of carbonyl (C=O) groups is 3. The standard InChI is InChI=1S/C13H13FN2O5/c14-10-7-9(2-1-8(10)3-4-11(17)18)12(19)16-5-6-21-13(15)20/h1-4,7H,5-6H2,(H2,15,20)(H,16,19)(H,17,18)/b4-3+. The molecule has 1 aromatic rings. The van der Waals surface area contributed by atoms with Crippen LogP contribution < -0.4 is 11.1 Å². The molecule has 1 rings (SSSR count). The summed E-state index contributed by atoms with van der Waals surface area (Å²) in [7, 11) is 0. The molecule has 0 unspecified atom stereocenters. The molecule has 7 nitrogen and oxygen atoms in total. The minimum absolute atomic E-state index is 0.0318. The smallest absolute Gasteiger partial charge is 0.404 e. The van der Waals surface area contributed by atoms with Gasteiger partial charge in [-0.05, 0) is 18.2 Å². The van der Waals surface area contributed by atoms with Gasteiger partial charge in [-0.15, -0.1) is 0 Å². The molecule has 0 aliphatic carbocycles. The van der Waals surface area contributed by atoms with Crippen molar-refractivity contribution in [2.45, 2.75) is 0 Å². The van der Waals surface area contributed by atoms with Gasteiger partial charge < -0.3 is 20.9 Å². The maximum Gasteiger partial charge on any atom is 0.404 e. The van der Waals surface area contributed by atoms with E-state index in [0.717, 1.165) is 18.2 Å². The first-order chi connectivity index (χ1) is 9.90. The van der Waals surface area contributed by atoms with Crippen LogP contribution in [0.1, 0.15) is 15.9 Å². The van der Waals surface area contributed by atoms with E-state index in [4.69, 9.17) is 10.8 Å².